The van der Waals surface area contributed by atoms with Crippen molar-refractivity contribution in [3.63, 3.8) is 0 Å². The number of carbonyl (C=O) groups is 1. The van der Waals surface area contributed by atoms with E-state index in [9.17, 15) is 4.79 Å². The number of nitrogens with zero attached hydrogens (tertiary/aromatic N) is 2. The summed E-state index contributed by atoms with van der Waals surface area (Å²) in [6, 6.07) is -0.0353. The normalized spacial score (nSPS) is 24.8. The molecule has 3 heterocycles. The van der Waals surface area contributed by atoms with Crippen molar-refractivity contribution in [2.45, 2.75) is 70.6 Å². The highest BCUT2D eigenvalue weighted by Gasteiger charge is 2.38. The molecule has 7 nitrogen and oxygen atoms in total. The molecular weight excluding hydrogens is 332 g/mol. The van der Waals surface area contributed by atoms with Gasteiger partial charge in [-0.2, -0.15) is 5.10 Å². The number of amides is 1. The van der Waals surface area contributed by atoms with Crippen molar-refractivity contribution < 1.29 is 14.3 Å². The highest BCUT2D eigenvalue weighted by atomic mass is 16.6. The number of likely N-dealkylation sites (tertiary alicyclic amines) is 1. The molecule has 0 aliphatic carbocycles. The molecule has 2 aliphatic rings. The average Bonchev–Trinajstić information content (AvgIpc) is 3.05. The lowest BCUT2D eigenvalue weighted by Gasteiger charge is -2.41. The van der Waals surface area contributed by atoms with E-state index < -0.39 is 0 Å². The topological polar surface area (TPSA) is 79.5 Å². The SMILES string of the molecule is Cc1c[nH]nc1[C@H]1CCCN(C(=O)OC(C)C)[C@H]1COC1CCNCC1. The Morgan fingerprint density at radius 1 is 1.35 bits per heavy atom. The van der Waals surface area contributed by atoms with Gasteiger partial charge in [-0.05, 0) is 65.1 Å². The fourth-order valence-electron chi connectivity index (χ4n) is 4.01. The maximum absolute atomic E-state index is 12.7. The summed E-state index contributed by atoms with van der Waals surface area (Å²) in [4.78, 5) is 14.5. The molecule has 0 bridgehead atoms. The van der Waals surface area contributed by atoms with Crippen LogP contribution in [0.25, 0.3) is 0 Å². The molecule has 3 rings (SSSR count). The molecule has 2 aliphatic heterocycles. The lowest BCUT2D eigenvalue weighted by Crippen LogP contribution is -2.51. The highest BCUT2D eigenvalue weighted by molar-refractivity contribution is 5.68. The summed E-state index contributed by atoms with van der Waals surface area (Å²) in [7, 11) is 0. The van der Waals surface area contributed by atoms with Gasteiger partial charge >= 0.3 is 6.09 Å². The van der Waals surface area contributed by atoms with Crippen LogP contribution < -0.4 is 5.32 Å². The van der Waals surface area contributed by atoms with Crippen molar-refractivity contribution in [3.05, 3.63) is 17.5 Å². The number of nitrogens with one attached hydrogen (secondary N) is 2. The standard InChI is InChI=1S/C19H32N4O3/c1-13(2)26-19(24)23-10-4-5-16(18-14(3)11-21-22-18)17(23)12-25-15-6-8-20-9-7-15/h11,13,15-17,20H,4-10,12H2,1-3H3,(H,21,22)/t16-,17-/m0/s1. The largest absolute Gasteiger partial charge is 0.447 e. The van der Waals surface area contributed by atoms with Crippen LogP contribution in [0.3, 0.4) is 0 Å². The third-order valence-corrected chi connectivity index (χ3v) is 5.36. The Labute approximate surface area is 155 Å². The van der Waals surface area contributed by atoms with Crippen LogP contribution in [0.1, 0.15) is 56.7 Å². The molecule has 2 fully saturated rings. The van der Waals surface area contributed by atoms with E-state index >= 15 is 0 Å². The van der Waals surface area contributed by atoms with E-state index in [0.717, 1.165) is 50.0 Å². The third-order valence-electron chi connectivity index (χ3n) is 5.36. The molecule has 1 amide bonds. The van der Waals surface area contributed by atoms with E-state index in [4.69, 9.17) is 9.47 Å². The highest BCUT2D eigenvalue weighted by Crippen LogP contribution is 2.34. The summed E-state index contributed by atoms with van der Waals surface area (Å²) in [6.07, 6.45) is 5.83. The molecule has 2 atom stereocenters. The van der Waals surface area contributed by atoms with Crippen LogP contribution in [0.2, 0.25) is 0 Å². The summed E-state index contributed by atoms with van der Waals surface area (Å²) >= 11 is 0. The van der Waals surface area contributed by atoms with Crippen molar-refractivity contribution in [1.29, 1.82) is 0 Å². The molecule has 1 aromatic heterocycles. The van der Waals surface area contributed by atoms with Gasteiger partial charge < -0.3 is 19.7 Å². The fourth-order valence-corrected chi connectivity index (χ4v) is 4.01. The number of aryl methyl sites for hydroxylation is 1. The second kappa shape index (κ2) is 8.86. The first-order chi connectivity index (χ1) is 12.6. The summed E-state index contributed by atoms with van der Waals surface area (Å²) in [6.45, 7) is 9.08. The van der Waals surface area contributed by atoms with E-state index in [0.29, 0.717) is 13.2 Å². The van der Waals surface area contributed by atoms with E-state index in [1.165, 1.54) is 0 Å². The van der Waals surface area contributed by atoms with Crippen LogP contribution in [0.15, 0.2) is 6.20 Å². The molecule has 7 heteroatoms. The van der Waals surface area contributed by atoms with Crippen molar-refractivity contribution in [2.75, 3.05) is 26.2 Å². The van der Waals surface area contributed by atoms with Crippen LogP contribution in [0.5, 0.6) is 0 Å². The van der Waals surface area contributed by atoms with Crippen LogP contribution in [0.4, 0.5) is 4.79 Å². The quantitative estimate of drug-likeness (QED) is 0.839. The van der Waals surface area contributed by atoms with E-state index in [1.54, 1.807) is 0 Å². The van der Waals surface area contributed by atoms with Crippen LogP contribution >= 0.6 is 0 Å². The van der Waals surface area contributed by atoms with Gasteiger partial charge in [-0.25, -0.2) is 4.79 Å². The Morgan fingerprint density at radius 3 is 2.77 bits per heavy atom. The maximum Gasteiger partial charge on any atom is 0.410 e. The van der Waals surface area contributed by atoms with Crippen LogP contribution in [0, 0.1) is 6.92 Å². The zero-order chi connectivity index (χ0) is 18.5. The third kappa shape index (κ3) is 4.57. The number of carbonyl (C=O) groups excluding carboxylic acids is 1. The van der Waals surface area contributed by atoms with Gasteiger partial charge in [0.1, 0.15) is 0 Å². The lowest BCUT2D eigenvalue weighted by atomic mass is 9.85. The molecule has 146 valence electrons. The zero-order valence-corrected chi connectivity index (χ0v) is 16.2. The zero-order valence-electron chi connectivity index (χ0n) is 16.2. The molecule has 26 heavy (non-hydrogen) atoms. The first kappa shape index (κ1) is 19.2. The number of aromatic amines is 1. The number of piperidine rings is 2. The summed E-state index contributed by atoms with van der Waals surface area (Å²) in [5.74, 6) is 0.177. The molecule has 2 N–H and O–H groups in total. The molecule has 1 aromatic rings. The van der Waals surface area contributed by atoms with Gasteiger partial charge in [0, 0.05) is 18.7 Å². The van der Waals surface area contributed by atoms with Crippen LogP contribution in [-0.2, 0) is 9.47 Å². The second-order valence-electron chi connectivity index (χ2n) is 7.68. The maximum atomic E-state index is 12.7. The van der Waals surface area contributed by atoms with Gasteiger partial charge in [-0.1, -0.05) is 0 Å². The minimum atomic E-state index is -0.239. The van der Waals surface area contributed by atoms with Crippen molar-refractivity contribution in [2.24, 2.45) is 0 Å². The molecule has 0 saturated carbocycles. The predicted molar refractivity (Wildman–Crippen MR) is 99.3 cm³/mol. The predicted octanol–water partition coefficient (Wildman–Crippen LogP) is 2.58. The average molecular weight is 364 g/mol. The second-order valence-corrected chi connectivity index (χ2v) is 7.68. The van der Waals surface area contributed by atoms with Gasteiger partial charge in [0.05, 0.1) is 30.6 Å². The summed E-state index contributed by atoms with van der Waals surface area (Å²) < 4.78 is 11.7. The lowest BCUT2D eigenvalue weighted by molar-refractivity contribution is -0.0255. The molecule has 0 aromatic carbocycles. The molecular formula is C19H32N4O3. The first-order valence-corrected chi connectivity index (χ1v) is 9.86. The number of ether oxygens (including phenoxy) is 2. The number of hydrogen-bond acceptors (Lipinski definition) is 5. The summed E-state index contributed by atoms with van der Waals surface area (Å²) in [5, 5.41) is 10.8. The van der Waals surface area contributed by atoms with Crippen LogP contribution in [-0.4, -0.2) is 65.7 Å². The number of rotatable bonds is 5. The smallest absolute Gasteiger partial charge is 0.410 e. The van der Waals surface area contributed by atoms with E-state index in [-0.39, 0.29) is 30.3 Å². The number of H-pyrrole nitrogens is 1. The summed E-state index contributed by atoms with van der Waals surface area (Å²) in [5.41, 5.74) is 2.19. The minimum Gasteiger partial charge on any atom is -0.447 e. The number of hydrogen-bond donors (Lipinski definition) is 2. The van der Waals surface area contributed by atoms with Gasteiger partial charge in [0.25, 0.3) is 0 Å². The van der Waals surface area contributed by atoms with E-state index in [2.05, 4.69) is 22.4 Å². The minimum absolute atomic E-state index is 0.0353. The van der Waals surface area contributed by atoms with Gasteiger partial charge in [0.2, 0.25) is 0 Å². The van der Waals surface area contributed by atoms with Crippen molar-refractivity contribution in [1.82, 2.24) is 20.4 Å². The molecule has 0 unspecified atom stereocenters. The van der Waals surface area contributed by atoms with Crippen molar-refractivity contribution in [3.8, 4) is 0 Å². The van der Waals surface area contributed by atoms with Crippen molar-refractivity contribution >= 4 is 6.09 Å². The van der Waals surface area contributed by atoms with Gasteiger partial charge in [-0.3, -0.25) is 5.10 Å². The first-order valence-electron chi connectivity index (χ1n) is 9.86. The van der Waals surface area contributed by atoms with E-state index in [1.807, 2.05) is 24.9 Å². The Kier molecular flexibility index (Phi) is 6.53. The Morgan fingerprint density at radius 2 is 2.12 bits per heavy atom. The van der Waals surface area contributed by atoms with Gasteiger partial charge in [-0.15, -0.1) is 0 Å². The molecule has 0 spiro atoms. The molecule has 0 radical (unpaired) electrons. The Balaban J connectivity index is 1.75. The number of aromatic nitrogens is 2. The Hall–Kier alpha value is -1.60. The fraction of sp³-hybridized carbons (Fsp3) is 0.789. The van der Waals surface area contributed by atoms with Gasteiger partial charge in [0.15, 0.2) is 0 Å². The molecule has 2 saturated heterocycles. The Bertz CT molecular complexity index is 583. The monoisotopic (exact) mass is 364 g/mol.